The van der Waals surface area contributed by atoms with Gasteiger partial charge in [0.05, 0.1) is 6.10 Å². The van der Waals surface area contributed by atoms with Gasteiger partial charge in [-0.1, -0.05) is 13.8 Å². The Labute approximate surface area is 120 Å². The molecule has 108 valence electrons. The molecular formula is C14H25N3OS. The van der Waals surface area contributed by atoms with Gasteiger partial charge in [0, 0.05) is 37.3 Å². The molecule has 3 atom stereocenters. The summed E-state index contributed by atoms with van der Waals surface area (Å²) in [5.74, 6) is 0.640. The zero-order chi connectivity index (χ0) is 13.8. The van der Waals surface area contributed by atoms with Crippen molar-refractivity contribution in [3.8, 4) is 0 Å². The third-order valence-corrected chi connectivity index (χ3v) is 5.15. The van der Waals surface area contributed by atoms with Crippen LogP contribution in [-0.4, -0.2) is 37.8 Å². The number of thiazole rings is 1. The lowest BCUT2D eigenvalue weighted by atomic mass is 9.96. The summed E-state index contributed by atoms with van der Waals surface area (Å²) in [6.07, 6.45) is 3.51. The molecule has 0 aromatic carbocycles. The van der Waals surface area contributed by atoms with Gasteiger partial charge in [-0.05, 0) is 25.8 Å². The number of hydrogen-bond donors (Lipinski definition) is 1. The molecule has 1 aromatic heterocycles. The minimum atomic E-state index is 0.326. The summed E-state index contributed by atoms with van der Waals surface area (Å²) < 4.78 is 5.57. The van der Waals surface area contributed by atoms with E-state index in [1.807, 2.05) is 13.3 Å². The Kier molecular flexibility index (Phi) is 5.19. The van der Waals surface area contributed by atoms with Crippen molar-refractivity contribution in [1.82, 2.24) is 10.3 Å². The van der Waals surface area contributed by atoms with Crippen molar-refractivity contribution in [2.45, 2.75) is 39.3 Å². The van der Waals surface area contributed by atoms with Gasteiger partial charge in [0.25, 0.3) is 0 Å². The van der Waals surface area contributed by atoms with E-state index in [0.717, 1.165) is 24.8 Å². The number of aromatic nitrogens is 1. The maximum atomic E-state index is 5.57. The molecule has 5 heteroatoms. The third kappa shape index (κ3) is 3.46. The molecule has 1 aliphatic rings. The van der Waals surface area contributed by atoms with Gasteiger partial charge in [-0.15, -0.1) is 11.3 Å². The zero-order valence-corrected chi connectivity index (χ0v) is 13.2. The van der Waals surface area contributed by atoms with Gasteiger partial charge in [-0.25, -0.2) is 4.98 Å². The first-order valence-electron chi connectivity index (χ1n) is 7.12. The second kappa shape index (κ2) is 6.68. The van der Waals surface area contributed by atoms with Gasteiger partial charge in [0.15, 0.2) is 5.13 Å². The van der Waals surface area contributed by atoms with Crippen molar-refractivity contribution in [3.05, 3.63) is 11.1 Å². The van der Waals surface area contributed by atoms with Crippen LogP contribution in [0.15, 0.2) is 6.20 Å². The van der Waals surface area contributed by atoms with Gasteiger partial charge in [-0.3, -0.25) is 0 Å². The van der Waals surface area contributed by atoms with E-state index >= 15 is 0 Å². The topological polar surface area (TPSA) is 37.4 Å². The summed E-state index contributed by atoms with van der Waals surface area (Å²) in [4.78, 5) is 8.26. The van der Waals surface area contributed by atoms with E-state index in [9.17, 15) is 0 Å². The molecule has 0 aliphatic carbocycles. The molecule has 1 saturated heterocycles. The van der Waals surface area contributed by atoms with Crippen LogP contribution in [0.2, 0.25) is 0 Å². The fraction of sp³-hybridized carbons (Fsp3) is 0.786. The Morgan fingerprint density at radius 2 is 2.42 bits per heavy atom. The molecule has 19 heavy (non-hydrogen) atoms. The highest BCUT2D eigenvalue weighted by Gasteiger charge is 2.27. The molecule has 1 fully saturated rings. The largest absolute Gasteiger partial charge is 0.379 e. The SMILES string of the molecule is CCNC(C)c1cnc(N2CCC(C)C(OC)C2)s1. The summed E-state index contributed by atoms with van der Waals surface area (Å²) in [7, 11) is 1.81. The van der Waals surface area contributed by atoms with E-state index in [1.165, 1.54) is 11.3 Å². The minimum Gasteiger partial charge on any atom is -0.379 e. The average molecular weight is 283 g/mol. The van der Waals surface area contributed by atoms with Crippen molar-refractivity contribution >= 4 is 16.5 Å². The van der Waals surface area contributed by atoms with Crippen LogP contribution in [0.3, 0.4) is 0 Å². The smallest absolute Gasteiger partial charge is 0.185 e. The maximum Gasteiger partial charge on any atom is 0.185 e. The normalized spacial score (nSPS) is 25.6. The number of anilines is 1. The highest BCUT2D eigenvalue weighted by molar-refractivity contribution is 7.15. The third-order valence-electron chi connectivity index (χ3n) is 3.91. The Bertz CT molecular complexity index is 396. The second-order valence-electron chi connectivity index (χ2n) is 5.31. The summed E-state index contributed by atoms with van der Waals surface area (Å²) in [6, 6.07) is 0.387. The van der Waals surface area contributed by atoms with E-state index < -0.39 is 0 Å². The van der Waals surface area contributed by atoms with E-state index in [0.29, 0.717) is 18.1 Å². The van der Waals surface area contributed by atoms with Crippen LogP contribution in [0.5, 0.6) is 0 Å². The fourth-order valence-corrected chi connectivity index (χ4v) is 3.52. The zero-order valence-electron chi connectivity index (χ0n) is 12.3. The Hall–Kier alpha value is -0.650. The van der Waals surface area contributed by atoms with Crippen LogP contribution in [-0.2, 0) is 4.74 Å². The summed E-state index contributed by atoms with van der Waals surface area (Å²) in [6.45, 7) is 9.63. The van der Waals surface area contributed by atoms with Crippen molar-refractivity contribution in [1.29, 1.82) is 0 Å². The van der Waals surface area contributed by atoms with Crippen LogP contribution in [0.1, 0.15) is 38.1 Å². The fourth-order valence-electron chi connectivity index (χ4n) is 2.54. The van der Waals surface area contributed by atoms with Crippen LogP contribution in [0, 0.1) is 5.92 Å². The van der Waals surface area contributed by atoms with Crippen LogP contribution >= 0.6 is 11.3 Å². The van der Waals surface area contributed by atoms with E-state index in [2.05, 4.69) is 36.0 Å². The number of nitrogens with zero attached hydrogens (tertiary/aromatic N) is 2. The number of rotatable bonds is 5. The van der Waals surface area contributed by atoms with Gasteiger partial charge in [0.1, 0.15) is 0 Å². The Morgan fingerprint density at radius 3 is 3.11 bits per heavy atom. The average Bonchev–Trinajstić information content (AvgIpc) is 2.89. The monoisotopic (exact) mass is 283 g/mol. The molecule has 0 radical (unpaired) electrons. The summed E-state index contributed by atoms with van der Waals surface area (Å²) in [5, 5.41) is 4.57. The number of piperidine rings is 1. The molecule has 0 spiro atoms. The van der Waals surface area contributed by atoms with Crippen LogP contribution in [0.4, 0.5) is 5.13 Å². The quantitative estimate of drug-likeness (QED) is 0.901. The molecular weight excluding hydrogens is 258 g/mol. The van der Waals surface area contributed by atoms with Crippen molar-refractivity contribution in [2.75, 3.05) is 31.6 Å². The van der Waals surface area contributed by atoms with Gasteiger partial charge >= 0.3 is 0 Å². The first kappa shape index (κ1) is 14.8. The van der Waals surface area contributed by atoms with Crippen molar-refractivity contribution < 1.29 is 4.74 Å². The molecule has 1 aliphatic heterocycles. The molecule has 0 bridgehead atoms. The predicted molar refractivity (Wildman–Crippen MR) is 81.0 cm³/mol. The molecule has 0 saturated carbocycles. The minimum absolute atomic E-state index is 0.326. The first-order chi connectivity index (χ1) is 9.15. The van der Waals surface area contributed by atoms with Gasteiger partial charge < -0.3 is 15.0 Å². The Morgan fingerprint density at radius 1 is 1.63 bits per heavy atom. The van der Waals surface area contributed by atoms with Crippen molar-refractivity contribution in [3.63, 3.8) is 0 Å². The number of ether oxygens (including phenoxy) is 1. The molecule has 4 nitrogen and oxygen atoms in total. The van der Waals surface area contributed by atoms with Gasteiger partial charge in [-0.2, -0.15) is 0 Å². The maximum absolute atomic E-state index is 5.57. The molecule has 1 N–H and O–H groups in total. The first-order valence-corrected chi connectivity index (χ1v) is 7.94. The molecule has 2 heterocycles. The predicted octanol–water partition coefficient (Wildman–Crippen LogP) is 2.67. The van der Waals surface area contributed by atoms with E-state index in [4.69, 9.17) is 4.74 Å². The number of methoxy groups -OCH3 is 1. The molecule has 1 aromatic rings. The lowest BCUT2D eigenvalue weighted by Crippen LogP contribution is -2.43. The Balaban J connectivity index is 2.02. The molecule has 3 unspecified atom stereocenters. The second-order valence-corrected chi connectivity index (χ2v) is 6.35. The summed E-state index contributed by atoms with van der Waals surface area (Å²) in [5.41, 5.74) is 0. The van der Waals surface area contributed by atoms with Gasteiger partial charge in [0.2, 0.25) is 0 Å². The number of hydrogen-bond acceptors (Lipinski definition) is 5. The van der Waals surface area contributed by atoms with Crippen LogP contribution < -0.4 is 10.2 Å². The van der Waals surface area contributed by atoms with E-state index in [-0.39, 0.29) is 0 Å². The number of nitrogens with one attached hydrogen (secondary N) is 1. The van der Waals surface area contributed by atoms with Crippen molar-refractivity contribution in [2.24, 2.45) is 5.92 Å². The standard InChI is InChI=1S/C14H25N3OS/c1-5-15-11(3)13-8-16-14(19-13)17-7-6-10(2)12(9-17)18-4/h8,10-12,15H,5-7,9H2,1-4H3. The highest BCUT2D eigenvalue weighted by atomic mass is 32.1. The highest BCUT2D eigenvalue weighted by Crippen LogP contribution is 2.30. The van der Waals surface area contributed by atoms with E-state index in [1.54, 1.807) is 11.3 Å². The lowest BCUT2D eigenvalue weighted by Gasteiger charge is -2.36. The summed E-state index contributed by atoms with van der Waals surface area (Å²) >= 11 is 1.80. The molecule has 2 rings (SSSR count). The lowest BCUT2D eigenvalue weighted by molar-refractivity contribution is 0.0498. The van der Waals surface area contributed by atoms with Crippen LogP contribution in [0.25, 0.3) is 0 Å². The molecule has 0 amide bonds.